The van der Waals surface area contributed by atoms with Crippen molar-refractivity contribution in [3.05, 3.63) is 11.6 Å². The van der Waals surface area contributed by atoms with Crippen molar-refractivity contribution >= 4 is 12.1 Å². The molecule has 0 aromatic heterocycles. The van der Waals surface area contributed by atoms with E-state index in [-0.39, 0.29) is 24.5 Å². The van der Waals surface area contributed by atoms with Crippen LogP contribution >= 0.6 is 0 Å². The third kappa shape index (κ3) is 6.48. The summed E-state index contributed by atoms with van der Waals surface area (Å²) >= 11 is 0. The number of fused-ring (bicyclic) bond motifs is 3. The van der Waals surface area contributed by atoms with Gasteiger partial charge in [-0.05, 0) is 72.5 Å². The maximum absolute atomic E-state index is 12.0. The standard InChI is InChI=1S/C31H52O5/c1-7-26-25-13-12-23-20-24(36-29(34)35-19-16-28(32)33)14-17-31(23,6)27(25)15-18-30(26,5)22(4)11-9-8-10-21(2)3/h12,21-22,24-27H,7-11,13-20H2,1-6H3,(H,32,33). The Morgan fingerprint density at radius 2 is 1.83 bits per heavy atom. The third-order valence-corrected chi connectivity index (χ3v) is 10.5. The lowest BCUT2D eigenvalue weighted by atomic mass is 9.45. The highest BCUT2D eigenvalue weighted by molar-refractivity contribution is 5.67. The number of ether oxygens (including phenoxy) is 2. The second-order valence-electron chi connectivity index (χ2n) is 13.0. The smallest absolute Gasteiger partial charge is 0.481 e. The van der Waals surface area contributed by atoms with Crippen LogP contribution in [0.2, 0.25) is 0 Å². The number of aliphatic carboxylic acids is 1. The van der Waals surface area contributed by atoms with E-state index in [4.69, 9.17) is 14.6 Å². The van der Waals surface area contributed by atoms with E-state index in [1.807, 2.05) is 0 Å². The second kappa shape index (κ2) is 12.3. The van der Waals surface area contributed by atoms with Crippen molar-refractivity contribution in [3.63, 3.8) is 0 Å². The average Bonchev–Trinajstić information content (AvgIpc) is 2.81. The number of allylic oxidation sites excluding steroid dienone is 1. The number of unbranched alkanes of at least 4 members (excludes halogenated alkanes) is 1. The number of hydrogen-bond acceptors (Lipinski definition) is 4. The number of carbonyl (C=O) groups excluding carboxylic acids is 1. The van der Waals surface area contributed by atoms with Crippen LogP contribution in [0, 0.1) is 40.4 Å². The van der Waals surface area contributed by atoms with Crippen molar-refractivity contribution in [2.75, 3.05) is 6.61 Å². The van der Waals surface area contributed by atoms with Crippen molar-refractivity contribution in [2.24, 2.45) is 40.4 Å². The summed E-state index contributed by atoms with van der Waals surface area (Å²) in [6.45, 7) is 14.5. The van der Waals surface area contributed by atoms with E-state index in [0.717, 1.165) is 49.4 Å². The van der Waals surface area contributed by atoms with Crippen molar-refractivity contribution in [1.82, 2.24) is 0 Å². The minimum absolute atomic E-state index is 0.141. The lowest BCUT2D eigenvalue weighted by molar-refractivity contribution is -0.137. The zero-order chi connectivity index (χ0) is 26.5. The van der Waals surface area contributed by atoms with Gasteiger partial charge in [0.05, 0.1) is 6.42 Å². The van der Waals surface area contributed by atoms with Crippen molar-refractivity contribution < 1.29 is 24.2 Å². The molecule has 1 N–H and O–H groups in total. The van der Waals surface area contributed by atoms with E-state index in [0.29, 0.717) is 11.3 Å². The molecule has 0 aromatic rings. The zero-order valence-electron chi connectivity index (χ0n) is 23.8. The van der Waals surface area contributed by atoms with Gasteiger partial charge in [-0.2, -0.15) is 0 Å². The Bertz CT molecular complexity index is 788. The largest absolute Gasteiger partial charge is 0.508 e. The van der Waals surface area contributed by atoms with Gasteiger partial charge in [0.15, 0.2) is 0 Å². The molecule has 0 bridgehead atoms. The van der Waals surface area contributed by atoms with Gasteiger partial charge < -0.3 is 14.6 Å². The molecule has 7 atom stereocenters. The maximum Gasteiger partial charge on any atom is 0.508 e. The lowest BCUT2D eigenvalue weighted by Gasteiger charge is -2.60. The topological polar surface area (TPSA) is 72.8 Å². The second-order valence-corrected chi connectivity index (χ2v) is 13.0. The molecule has 7 unspecified atom stereocenters. The van der Waals surface area contributed by atoms with Gasteiger partial charge in [-0.1, -0.05) is 85.3 Å². The summed E-state index contributed by atoms with van der Waals surface area (Å²) in [6.07, 6.45) is 14.6. The van der Waals surface area contributed by atoms with Crippen LogP contribution in [0.5, 0.6) is 0 Å². The first-order valence-corrected chi connectivity index (χ1v) is 14.8. The van der Waals surface area contributed by atoms with Crippen molar-refractivity contribution in [3.8, 4) is 0 Å². The molecule has 206 valence electrons. The first-order chi connectivity index (χ1) is 17.0. The first kappa shape index (κ1) is 29.0. The molecule has 2 saturated carbocycles. The summed E-state index contributed by atoms with van der Waals surface area (Å²) in [4.78, 5) is 22.7. The summed E-state index contributed by atoms with van der Waals surface area (Å²) in [7, 11) is 0. The number of hydrogen-bond donors (Lipinski definition) is 1. The normalized spacial score (nSPS) is 34.8. The molecule has 0 radical (unpaired) electrons. The van der Waals surface area contributed by atoms with Crippen LogP contribution in [0.4, 0.5) is 4.79 Å². The van der Waals surface area contributed by atoms with Crippen LogP contribution in [0.1, 0.15) is 119 Å². The Balaban J connectivity index is 1.63. The Morgan fingerprint density at radius 1 is 1.11 bits per heavy atom. The number of carboxylic acid groups (broad SMARTS) is 1. The minimum atomic E-state index is -0.979. The van der Waals surface area contributed by atoms with Gasteiger partial charge in [0.25, 0.3) is 0 Å². The SMILES string of the molecule is CCC1C2CC=C3CC(OC(=O)OCCC(=O)O)CCC3(C)C2CCC1(C)C(C)CCCCC(C)C. The fourth-order valence-corrected chi connectivity index (χ4v) is 8.18. The summed E-state index contributed by atoms with van der Waals surface area (Å²) in [6, 6.07) is 0. The van der Waals surface area contributed by atoms with Gasteiger partial charge in [0.1, 0.15) is 12.7 Å². The van der Waals surface area contributed by atoms with Crippen LogP contribution in [-0.4, -0.2) is 29.9 Å². The molecule has 3 rings (SSSR count). The third-order valence-electron chi connectivity index (χ3n) is 10.5. The Hall–Kier alpha value is -1.52. The Labute approximate surface area is 219 Å². The van der Waals surface area contributed by atoms with E-state index in [1.165, 1.54) is 50.5 Å². The Morgan fingerprint density at radius 3 is 2.50 bits per heavy atom. The maximum atomic E-state index is 12.0. The van der Waals surface area contributed by atoms with Crippen LogP contribution in [0.25, 0.3) is 0 Å². The molecule has 2 fully saturated rings. The molecule has 3 aliphatic rings. The van der Waals surface area contributed by atoms with Gasteiger partial charge in [-0.25, -0.2) is 4.79 Å². The molecule has 0 saturated heterocycles. The molecular formula is C31H52O5. The van der Waals surface area contributed by atoms with Gasteiger partial charge in [0, 0.05) is 6.42 Å². The van der Waals surface area contributed by atoms with Gasteiger partial charge in [0.2, 0.25) is 0 Å². The van der Waals surface area contributed by atoms with E-state index in [1.54, 1.807) is 0 Å². The van der Waals surface area contributed by atoms with Gasteiger partial charge >= 0.3 is 12.1 Å². The van der Waals surface area contributed by atoms with Crippen LogP contribution in [-0.2, 0) is 14.3 Å². The van der Waals surface area contributed by atoms with E-state index < -0.39 is 12.1 Å². The van der Waals surface area contributed by atoms with E-state index in [9.17, 15) is 9.59 Å². The zero-order valence-corrected chi connectivity index (χ0v) is 23.8. The van der Waals surface area contributed by atoms with Gasteiger partial charge in [-0.15, -0.1) is 0 Å². The minimum Gasteiger partial charge on any atom is -0.481 e. The van der Waals surface area contributed by atoms with Crippen LogP contribution in [0.15, 0.2) is 11.6 Å². The van der Waals surface area contributed by atoms with Crippen molar-refractivity contribution in [1.29, 1.82) is 0 Å². The van der Waals surface area contributed by atoms with Gasteiger partial charge in [-0.3, -0.25) is 4.79 Å². The molecule has 5 heteroatoms. The number of carbonyl (C=O) groups is 2. The average molecular weight is 505 g/mol. The fraction of sp³-hybridized carbons (Fsp3) is 0.871. The molecule has 0 amide bonds. The molecule has 0 aliphatic heterocycles. The molecule has 36 heavy (non-hydrogen) atoms. The fourth-order valence-electron chi connectivity index (χ4n) is 8.18. The summed E-state index contributed by atoms with van der Waals surface area (Å²) < 4.78 is 10.5. The summed E-state index contributed by atoms with van der Waals surface area (Å²) in [5, 5.41) is 8.73. The number of carboxylic acids is 1. The predicted molar refractivity (Wildman–Crippen MR) is 144 cm³/mol. The highest BCUT2D eigenvalue weighted by Crippen LogP contribution is 2.63. The van der Waals surface area contributed by atoms with Crippen LogP contribution in [0.3, 0.4) is 0 Å². The molecule has 0 aromatic carbocycles. The highest BCUT2D eigenvalue weighted by atomic mass is 16.7. The molecule has 0 heterocycles. The van der Waals surface area contributed by atoms with Crippen LogP contribution < -0.4 is 0 Å². The summed E-state index contributed by atoms with van der Waals surface area (Å²) in [5.41, 5.74) is 2.10. The quantitative estimate of drug-likeness (QED) is 0.174. The molecular weight excluding hydrogens is 452 g/mol. The molecule has 5 nitrogen and oxygen atoms in total. The summed E-state index contributed by atoms with van der Waals surface area (Å²) in [5.74, 6) is 2.83. The van der Waals surface area contributed by atoms with E-state index in [2.05, 4.69) is 47.6 Å². The monoisotopic (exact) mass is 504 g/mol. The molecule has 0 spiro atoms. The molecule has 3 aliphatic carbocycles. The lowest BCUT2D eigenvalue weighted by Crippen LogP contribution is -2.52. The van der Waals surface area contributed by atoms with Crippen molar-refractivity contribution in [2.45, 2.75) is 125 Å². The first-order valence-electron chi connectivity index (χ1n) is 14.8. The Kier molecular flexibility index (Phi) is 9.96. The highest BCUT2D eigenvalue weighted by Gasteiger charge is 2.55. The van der Waals surface area contributed by atoms with E-state index >= 15 is 0 Å². The number of rotatable bonds is 11. The predicted octanol–water partition coefficient (Wildman–Crippen LogP) is 8.41.